The zero-order valence-corrected chi connectivity index (χ0v) is 12.0. The molecule has 0 aliphatic carbocycles. The maximum absolute atomic E-state index is 11.8. The number of carbonyl (C=O) groups is 1. The molecule has 0 radical (unpaired) electrons. The second-order valence-electron chi connectivity index (χ2n) is 4.65. The molecular weight excluding hydrogens is 252 g/mol. The third-order valence-electron chi connectivity index (χ3n) is 2.40. The number of amides is 1. The summed E-state index contributed by atoms with van der Waals surface area (Å²) < 4.78 is 4.02. The Morgan fingerprint density at radius 2 is 2.22 bits per heavy atom. The topological polar surface area (TPSA) is 91.5 Å². The summed E-state index contributed by atoms with van der Waals surface area (Å²) in [6, 6.07) is 0. The van der Waals surface area contributed by atoms with Crippen molar-refractivity contribution in [1.82, 2.24) is 9.69 Å². The van der Waals surface area contributed by atoms with Gasteiger partial charge in [0.15, 0.2) is 5.82 Å². The first-order valence-corrected chi connectivity index (χ1v) is 6.52. The molecule has 0 aliphatic heterocycles. The predicted octanol–water partition coefficient (Wildman–Crippen LogP) is 0.682. The maximum atomic E-state index is 11.8. The van der Waals surface area contributed by atoms with E-state index in [0.29, 0.717) is 23.7 Å². The monoisotopic (exact) mass is 272 g/mol. The molecule has 0 bridgehead atoms. The number of likely N-dealkylation sites (N-methyl/N-ethyl adjacent to an activating group) is 1. The van der Waals surface area contributed by atoms with Gasteiger partial charge in [-0.15, -0.1) is 0 Å². The fraction of sp³-hybridized carbons (Fsp3) is 0.636. The minimum absolute atomic E-state index is 0.226. The number of nitrogens with zero attached hydrogens (tertiary/aromatic N) is 2. The third-order valence-corrected chi connectivity index (χ3v) is 3.32. The lowest BCUT2D eigenvalue weighted by atomic mass is 10.1. The molecule has 1 amide bonds. The summed E-state index contributed by atoms with van der Waals surface area (Å²) in [7, 11) is 1.55. The van der Waals surface area contributed by atoms with Crippen LogP contribution in [-0.4, -0.2) is 41.1 Å². The van der Waals surface area contributed by atoms with Gasteiger partial charge in [-0.25, -0.2) is 0 Å². The molecule has 0 unspecified atom stereocenters. The fourth-order valence-electron chi connectivity index (χ4n) is 1.64. The van der Waals surface area contributed by atoms with Crippen LogP contribution in [0.5, 0.6) is 0 Å². The van der Waals surface area contributed by atoms with Crippen molar-refractivity contribution >= 4 is 28.3 Å². The highest BCUT2D eigenvalue weighted by molar-refractivity contribution is 7.11. The number of hydrogen-bond donors (Lipinski definition) is 3. The summed E-state index contributed by atoms with van der Waals surface area (Å²) in [5, 5.41) is 13.1. The molecule has 6 nitrogen and oxygen atoms in total. The Bertz CT molecular complexity index is 425. The highest BCUT2D eigenvalue weighted by Gasteiger charge is 2.25. The second kappa shape index (κ2) is 5.53. The van der Waals surface area contributed by atoms with E-state index in [0.717, 1.165) is 0 Å². The average Bonchev–Trinajstić information content (AvgIpc) is 2.65. The molecule has 102 valence electrons. The normalized spacial score (nSPS) is 11.4. The van der Waals surface area contributed by atoms with Gasteiger partial charge in [-0.1, -0.05) is 0 Å². The number of hydrogen-bond acceptors (Lipinski definition) is 6. The summed E-state index contributed by atoms with van der Waals surface area (Å²) >= 11 is 1.17. The molecule has 0 aliphatic rings. The smallest absolute Gasteiger partial charge is 0.257 e. The Balaban J connectivity index is 3.10. The predicted molar refractivity (Wildman–Crippen MR) is 74.1 cm³/mol. The van der Waals surface area contributed by atoms with Crippen LogP contribution >= 0.6 is 11.5 Å². The van der Waals surface area contributed by atoms with Crippen molar-refractivity contribution in [3.8, 4) is 0 Å². The van der Waals surface area contributed by atoms with Crippen LogP contribution < -0.4 is 16.0 Å². The summed E-state index contributed by atoms with van der Waals surface area (Å²) in [6.45, 7) is 6.47. The fourth-order valence-corrected chi connectivity index (χ4v) is 2.52. The molecule has 0 fully saturated rings. The number of rotatable bonds is 5. The van der Waals surface area contributed by atoms with Crippen molar-refractivity contribution in [2.45, 2.75) is 26.4 Å². The van der Waals surface area contributed by atoms with E-state index in [1.165, 1.54) is 11.5 Å². The number of anilines is 2. The number of nitrogens with two attached hydrogens (primary N) is 1. The van der Waals surface area contributed by atoms with Crippen LogP contribution in [0, 0.1) is 0 Å². The Morgan fingerprint density at radius 3 is 2.67 bits per heavy atom. The van der Waals surface area contributed by atoms with Crippen LogP contribution in [0.15, 0.2) is 0 Å². The van der Waals surface area contributed by atoms with E-state index in [1.54, 1.807) is 20.9 Å². The molecule has 0 spiro atoms. The summed E-state index contributed by atoms with van der Waals surface area (Å²) in [4.78, 5) is 13.7. The summed E-state index contributed by atoms with van der Waals surface area (Å²) in [5.41, 5.74) is 5.25. The first kappa shape index (κ1) is 14.7. The molecule has 0 atom stereocenters. The lowest BCUT2D eigenvalue weighted by molar-refractivity contribution is 0.0872. The first-order valence-electron chi connectivity index (χ1n) is 5.74. The third kappa shape index (κ3) is 3.33. The van der Waals surface area contributed by atoms with E-state index in [2.05, 4.69) is 9.69 Å². The SMILES string of the molecule is CCN(CC(C)(C)O)c1snc(N)c1C(=O)NC. The van der Waals surface area contributed by atoms with E-state index in [9.17, 15) is 9.90 Å². The Kier molecular flexibility index (Phi) is 4.53. The van der Waals surface area contributed by atoms with E-state index in [-0.39, 0.29) is 11.7 Å². The van der Waals surface area contributed by atoms with Gasteiger partial charge in [-0.2, -0.15) is 4.37 Å². The van der Waals surface area contributed by atoms with Crippen molar-refractivity contribution in [2.75, 3.05) is 30.8 Å². The Hall–Kier alpha value is -1.34. The molecule has 1 rings (SSSR count). The maximum Gasteiger partial charge on any atom is 0.257 e. The number of nitrogen functional groups attached to an aromatic ring is 1. The molecule has 0 saturated heterocycles. The summed E-state index contributed by atoms with van der Waals surface area (Å²) in [6.07, 6.45) is 0. The average molecular weight is 272 g/mol. The summed E-state index contributed by atoms with van der Waals surface area (Å²) in [5.74, 6) is -0.0333. The molecule has 0 saturated carbocycles. The molecule has 18 heavy (non-hydrogen) atoms. The Morgan fingerprint density at radius 1 is 1.61 bits per heavy atom. The van der Waals surface area contributed by atoms with Gasteiger partial charge in [0.25, 0.3) is 5.91 Å². The van der Waals surface area contributed by atoms with E-state index >= 15 is 0 Å². The van der Waals surface area contributed by atoms with Gasteiger partial charge in [0, 0.05) is 20.1 Å². The Labute approximate surface area is 111 Å². The molecule has 7 heteroatoms. The molecule has 1 heterocycles. The number of aliphatic hydroxyl groups is 1. The van der Waals surface area contributed by atoms with E-state index in [1.807, 2.05) is 11.8 Å². The van der Waals surface area contributed by atoms with Crippen molar-refractivity contribution in [1.29, 1.82) is 0 Å². The first-order chi connectivity index (χ1) is 8.30. The van der Waals surface area contributed by atoms with Gasteiger partial charge in [-0.05, 0) is 32.3 Å². The van der Waals surface area contributed by atoms with Gasteiger partial charge in [0.1, 0.15) is 10.6 Å². The van der Waals surface area contributed by atoms with Gasteiger partial charge < -0.3 is 21.1 Å². The zero-order chi connectivity index (χ0) is 13.9. The largest absolute Gasteiger partial charge is 0.389 e. The number of aromatic nitrogens is 1. The highest BCUT2D eigenvalue weighted by Crippen LogP contribution is 2.31. The van der Waals surface area contributed by atoms with Crippen LogP contribution in [0.2, 0.25) is 0 Å². The quantitative estimate of drug-likeness (QED) is 0.733. The van der Waals surface area contributed by atoms with Crippen molar-refractivity contribution in [3.05, 3.63) is 5.56 Å². The molecular formula is C11H20N4O2S. The number of carbonyl (C=O) groups excluding carboxylic acids is 1. The molecule has 0 aromatic carbocycles. The van der Waals surface area contributed by atoms with Crippen LogP contribution in [0.4, 0.5) is 10.8 Å². The van der Waals surface area contributed by atoms with Gasteiger partial charge >= 0.3 is 0 Å². The number of nitrogens with one attached hydrogen (secondary N) is 1. The van der Waals surface area contributed by atoms with Crippen molar-refractivity contribution in [2.24, 2.45) is 0 Å². The van der Waals surface area contributed by atoms with Crippen LogP contribution in [0.3, 0.4) is 0 Å². The van der Waals surface area contributed by atoms with Crippen LogP contribution in [0.25, 0.3) is 0 Å². The van der Waals surface area contributed by atoms with Gasteiger partial charge in [0.2, 0.25) is 0 Å². The van der Waals surface area contributed by atoms with Crippen LogP contribution in [-0.2, 0) is 0 Å². The van der Waals surface area contributed by atoms with Crippen molar-refractivity contribution < 1.29 is 9.90 Å². The van der Waals surface area contributed by atoms with E-state index < -0.39 is 5.60 Å². The molecule has 1 aromatic heterocycles. The minimum atomic E-state index is -0.852. The van der Waals surface area contributed by atoms with Crippen LogP contribution in [0.1, 0.15) is 31.1 Å². The second-order valence-corrected chi connectivity index (χ2v) is 5.41. The van der Waals surface area contributed by atoms with Crippen molar-refractivity contribution in [3.63, 3.8) is 0 Å². The standard InChI is InChI=1S/C11H20N4O2S/c1-5-15(6-11(2,3)17)10-7(9(16)13-4)8(12)14-18-10/h17H,5-6H2,1-4H3,(H2,12,14)(H,13,16). The lowest BCUT2D eigenvalue weighted by Crippen LogP contribution is -2.39. The van der Waals surface area contributed by atoms with E-state index in [4.69, 9.17) is 5.73 Å². The molecule has 4 N–H and O–H groups in total. The van der Waals surface area contributed by atoms with Gasteiger partial charge in [0.05, 0.1) is 5.60 Å². The highest BCUT2D eigenvalue weighted by atomic mass is 32.1. The van der Waals surface area contributed by atoms with Gasteiger partial charge in [-0.3, -0.25) is 4.79 Å². The lowest BCUT2D eigenvalue weighted by Gasteiger charge is -2.28. The minimum Gasteiger partial charge on any atom is -0.389 e. The molecule has 1 aromatic rings. The zero-order valence-electron chi connectivity index (χ0n) is 11.1.